The highest BCUT2D eigenvalue weighted by atomic mass is 16.5. The number of hydrogen-bond donors (Lipinski definition) is 1. The number of fused-ring (bicyclic) bond motifs is 1. The van der Waals surface area contributed by atoms with E-state index in [2.05, 4.69) is 12.1 Å². The molecule has 0 saturated heterocycles. The summed E-state index contributed by atoms with van der Waals surface area (Å²) in [7, 11) is 1.69. The van der Waals surface area contributed by atoms with Crippen molar-refractivity contribution in [3.63, 3.8) is 0 Å². The van der Waals surface area contributed by atoms with Gasteiger partial charge in [0.15, 0.2) is 0 Å². The molecule has 2 rings (SSSR count). The molecule has 0 atom stereocenters. The van der Waals surface area contributed by atoms with Gasteiger partial charge < -0.3 is 4.74 Å². The SMILES string of the molecule is COc1ccc2c(c1)CCN(N)C2. The third-order valence-electron chi connectivity index (χ3n) is 2.46. The second kappa shape index (κ2) is 3.36. The zero-order chi connectivity index (χ0) is 9.26. The lowest BCUT2D eigenvalue weighted by Crippen LogP contribution is -2.36. The first-order valence-electron chi connectivity index (χ1n) is 4.45. The quantitative estimate of drug-likeness (QED) is 0.650. The van der Waals surface area contributed by atoms with Gasteiger partial charge in [0.1, 0.15) is 5.75 Å². The van der Waals surface area contributed by atoms with Gasteiger partial charge in [-0.25, -0.2) is 5.01 Å². The first kappa shape index (κ1) is 8.53. The van der Waals surface area contributed by atoms with Gasteiger partial charge in [0.05, 0.1) is 7.11 Å². The summed E-state index contributed by atoms with van der Waals surface area (Å²) in [5.74, 6) is 6.66. The van der Waals surface area contributed by atoms with Crippen LogP contribution in [-0.2, 0) is 13.0 Å². The Kier molecular flexibility index (Phi) is 2.20. The maximum Gasteiger partial charge on any atom is 0.119 e. The van der Waals surface area contributed by atoms with E-state index in [9.17, 15) is 0 Å². The van der Waals surface area contributed by atoms with Crippen molar-refractivity contribution >= 4 is 0 Å². The number of ether oxygens (including phenoxy) is 1. The van der Waals surface area contributed by atoms with Crippen molar-refractivity contribution in [3.8, 4) is 5.75 Å². The van der Waals surface area contributed by atoms with Gasteiger partial charge in [-0.2, -0.15) is 0 Å². The van der Waals surface area contributed by atoms with E-state index in [-0.39, 0.29) is 0 Å². The maximum absolute atomic E-state index is 5.72. The van der Waals surface area contributed by atoms with Gasteiger partial charge in [-0.15, -0.1) is 0 Å². The molecule has 3 heteroatoms. The molecule has 0 amide bonds. The van der Waals surface area contributed by atoms with Gasteiger partial charge in [-0.3, -0.25) is 5.84 Å². The molecule has 0 aliphatic carbocycles. The summed E-state index contributed by atoms with van der Waals surface area (Å²) >= 11 is 0. The third-order valence-corrected chi connectivity index (χ3v) is 2.46. The lowest BCUT2D eigenvalue weighted by atomic mass is 10.0. The van der Waals surface area contributed by atoms with Gasteiger partial charge in [0.25, 0.3) is 0 Å². The highest BCUT2D eigenvalue weighted by molar-refractivity contribution is 5.36. The zero-order valence-electron chi connectivity index (χ0n) is 7.79. The Labute approximate surface area is 78.1 Å². The van der Waals surface area contributed by atoms with Crippen molar-refractivity contribution in [2.24, 2.45) is 5.84 Å². The van der Waals surface area contributed by atoms with Crippen molar-refractivity contribution in [1.82, 2.24) is 5.01 Å². The molecule has 0 saturated carbocycles. The average molecular weight is 178 g/mol. The van der Waals surface area contributed by atoms with Crippen LogP contribution in [0.25, 0.3) is 0 Å². The second-order valence-electron chi connectivity index (χ2n) is 3.36. The monoisotopic (exact) mass is 178 g/mol. The summed E-state index contributed by atoms with van der Waals surface area (Å²) in [6.45, 7) is 1.78. The van der Waals surface area contributed by atoms with Crippen molar-refractivity contribution in [2.45, 2.75) is 13.0 Å². The van der Waals surface area contributed by atoms with Crippen molar-refractivity contribution in [1.29, 1.82) is 0 Å². The fraction of sp³-hybridized carbons (Fsp3) is 0.400. The zero-order valence-corrected chi connectivity index (χ0v) is 7.79. The first-order chi connectivity index (χ1) is 6.29. The molecule has 70 valence electrons. The molecular formula is C10H14N2O. The number of nitrogens with two attached hydrogens (primary N) is 1. The fourth-order valence-corrected chi connectivity index (χ4v) is 1.68. The van der Waals surface area contributed by atoms with E-state index in [1.165, 1.54) is 11.1 Å². The van der Waals surface area contributed by atoms with Crippen molar-refractivity contribution in [3.05, 3.63) is 29.3 Å². The van der Waals surface area contributed by atoms with Gasteiger partial charge in [0, 0.05) is 13.1 Å². The molecule has 0 aromatic heterocycles. The minimum Gasteiger partial charge on any atom is -0.497 e. The van der Waals surface area contributed by atoms with E-state index in [1.807, 2.05) is 11.1 Å². The fourth-order valence-electron chi connectivity index (χ4n) is 1.68. The van der Waals surface area contributed by atoms with Gasteiger partial charge >= 0.3 is 0 Å². The molecule has 1 aliphatic heterocycles. The van der Waals surface area contributed by atoms with E-state index in [0.29, 0.717) is 0 Å². The molecule has 0 fully saturated rings. The highest BCUT2D eigenvalue weighted by Crippen LogP contribution is 2.22. The summed E-state index contributed by atoms with van der Waals surface area (Å²) in [6.07, 6.45) is 1.02. The van der Waals surface area contributed by atoms with Crippen LogP contribution in [0.3, 0.4) is 0 Å². The first-order valence-corrected chi connectivity index (χ1v) is 4.45. The van der Waals surface area contributed by atoms with E-state index >= 15 is 0 Å². The molecule has 1 aromatic carbocycles. The molecule has 2 N–H and O–H groups in total. The van der Waals surface area contributed by atoms with Crippen LogP contribution in [-0.4, -0.2) is 18.7 Å². The third kappa shape index (κ3) is 1.66. The van der Waals surface area contributed by atoms with Gasteiger partial charge in [-0.1, -0.05) is 6.07 Å². The molecule has 1 aromatic rings. The normalized spacial score (nSPS) is 16.8. The Hall–Kier alpha value is -1.06. The van der Waals surface area contributed by atoms with E-state index in [0.717, 1.165) is 25.3 Å². The number of hydrazine groups is 1. The largest absolute Gasteiger partial charge is 0.497 e. The number of nitrogens with zero attached hydrogens (tertiary/aromatic N) is 1. The predicted molar refractivity (Wildman–Crippen MR) is 51.3 cm³/mol. The number of rotatable bonds is 1. The van der Waals surface area contributed by atoms with Crippen LogP contribution in [0.2, 0.25) is 0 Å². The van der Waals surface area contributed by atoms with Crippen molar-refractivity contribution in [2.75, 3.05) is 13.7 Å². The number of hydrogen-bond acceptors (Lipinski definition) is 3. The van der Waals surface area contributed by atoms with E-state index in [4.69, 9.17) is 10.6 Å². The van der Waals surface area contributed by atoms with Crippen LogP contribution < -0.4 is 10.6 Å². The smallest absolute Gasteiger partial charge is 0.119 e. The van der Waals surface area contributed by atoms with Crippen LogP contribution in [0.4, 0.5) is 0 Å². The molecular weight excluding hydrogens is 164 g/mol. The number of methoxy groups -OCH3 is 1. The lowest BCUT2D eigenvalue weighted by molar-refractivity contribution is 0.262. The summed E-state index contributed by atoms with van der Waals surface area (Å²) in [5.41, 5.74) is 2.68. The van der Waals surface area contributed by atoms with Gasteiger partial charge in [-0.05, 0) is 29.7 Å². The number of benzene rings is 1. The molecule has 0 spiro atoms. The molecule has 0 bridgehead atoms. The molecule has 1 aliphatic rings. The Morgan fingerprint density at radius 3 is 3.00 bits per heavy atom. The molecule has 3 nitrogen and oxygen atoms in total. The van der Waals surface area contributed by atoms with E-state index in [1.54, 1.807) is 7.11 Å². The molecule has 13 heavy (non-hydrogen) atoms. The van der Waals surface area contributed by atoms with Crippen LogP contribution in [0.15, 0.2) is 18.2 Å². The van der Waals surface area contributed by atoms with Crippen molar-refractivity contribution < 1.29 is 4.74 Å². The topological polar surface area (TPSA) is 38.5 Å². The van der Waals surface area contributed by atoms with Crippen LogP contribution >= 0.6 is 0 Å². The molecule has 0 radical (unpaired) electrons. The maximum atomic E-state index is 5.72. The Morgan fingerprint density at radius 1 is 1.38 bits per heavy atom. The molecule has 0 unspecified atom stereocenters. The van der Waals surface area contributed by atoms with E-state index < -0.39 is 0 Å². The van der Waals surface area contributed by atoms with Crippen LogP contribution in [0, 0.1) is 0 Å². The highest BCUT2D eigenvalue weighted by Gasteiger charge is 2.13. The van der Waals surface area contributed by atoms with Gasteiger partial charge in [0.2, 0.25) is 0 Å². The summed E-state index contributed by atoms with van der Waals surface area (Å²) in [6, 6.07) is 6.17. The summed E-state index contributed by atoms with van der Waals surface area (Å²) in [4.78, 5) is 0. The average Bonchev–Trinajstić information content (AvgIpc) is 2.17. The Balaban J connectivity index is 2.31. The van der Waals surface area contributed by atoms with Crippen LogP contribution in [0.5, 0.6) is 5.75 Å². The predicted octanol–water partition coefficient (Wildman–Crippen LogP) is 0.927. The molecule has 1 heterocycles. The summed E-state index contributed by atoms with van der Waals surface area (Å²) in [5, 5.41) is 1.84. The van der Waals surface area contributed by atoms with Crippen LogP contribution in [0.1, 0.15) is 11.1 Å². The summed E-state index contributed by atoms with van der Waals surface area (Å²) < 4.78 is 5.16. The Morgan fingerprint density at radius 2 is 2.23 bits per heavy atom. The minimum absolute atomic E-state index is 0.847. The minimum atomic E-state index is 0.847. The lowest BCUT2D eigenvalue weighted by Gasteiger charge is -2.24. The Bertz CT molecular complexity index is 312. The second-order valence-corrected chi connectivity index (χ2v) is 3.36. The standard InChI is InChI=1S/C10H14N2O/c1-13-10-3-2-9-7-12(11)5-4-8(9)6-10/h2-3,6H,4-5,7,11H2,1H3.